The smallest absolute Gasteiger partial charge is 0.0263 e. The molecule has 0 aliphatic heterocycles. The van der Waals surface area contributed by atoms with Crippen molar-refractivity contribution >= 4 is 9.52 Å². The lowest BCUT2D eigenvalue weighted by molar-refractivity contribution is 0.639. The number of hydrogen-bond acceptors (Lipinski definition) is 0. The molecule has 0 atom stereocenters. The summed E-state index contributed by atoms with van der Waals surface area (Å²) >= 11 is 0. The number of hydrogen-bond donors (Lipinski definition) is 0. The van der Waals surface area contributed by atoms with Gasteiger partial charge in [-0.25, -0.2) is 0 Å². The van der Waals surface area contributed by atoms with Crippen LogP contribution in [0.5, 0.6) is 0 Å². The van der Waals surface area contributed by atoms with Gasteiger partial charge < -0.3 is 0 Å². The van der Waals surface area contributed by atoms with Crippen LogP contribution in [0.1, 0.15) is 40.5 Å². The van der Waals surface area contributed by atoms with E-state index in [1.807, 2.05) is 0 Å². The molecule has 0 radical (unpaired) electrons. The molecule has 0 aromatic rings. The van der Waals surface area contributed by atoms with E-state index >= 15 is 0 Å². The van der Waals surface area contributed by atoms with Crippen molar-refractivity contribution in [2.45, 2.75) is 51.6 Å². The van der Waals surface area contributed by atoms with E-state index in [4.69, 9.17) is 0 Å². The minimum atomic E-state index is 0.239. The molecule has 9 heavy (non-hydrogen) atoms. The largest absolute Gasteiger partial charge is 0.0657 e. The summed E-state index contributed by atoms with van der Waals surface area (Å²) in [5.41, 5.74) is 0. The molecule has 0 heterocycles. The first kappa shape index (κ1) is 9.22. The maximum atomic E-state index is 2.41. The third kappa shape index (κ3) is 4.70. The fraction of sp³-hybridized carbons (Fsp3) is 1.00. The van der Waals surface area contributed by atoms with Gasteiger partial charge in [0.1, 0.15) is 0 Å². The van der Waals surface area contributed by atoms with Crippen molar-refractivity contribution in [2.24, 2.45) is 0 Å². The molecule has 56 valence electrons. The molecule has 0 aliphatic rings. The van der Waals surface area contributed by atoms with Crippen molar-refractivity contribution in [1.29, 1.82) is 0 Å². The molecule has 0 spiro atoms. The van der Waals surface area contributed by atoms with E-state index in [1.165, 1.54) is 18.9 Å². The van der Waals surface area contributed by atoms with Crippen molar-refractivity contribution in [2.75, 3.05) is 0 Å². The van der Waals surface area contributed by atoms with Gasteiger partial charge in [0, 0.05) is 9.52 Å². The van der Waals surface area contributed by atoms with Gasteiger partial charge in [-0.15, -0.1) is 0 Å². The van der Waals surface area contributed by atoms with Crippen LogP contribution in [-0.4, -0.2) is 9.52 Å². The van der Waals surface area contributed by atoms with Gasteiger partial charge in [0.2, 0.25) is 0 Å². The molecule has 0 aromatic carbocycles. The number of rotatable bonds is 4. The second-order valence-electron chi connectivity index (χ2n) is 3.62. The summed E-state index contributed by atoms with van der Waals surface area (Å²) < 4.78 is 0. The summed E-state index contributed by atoms with van der Waals surface area (Å²) in [6.07, 6.45) is 2.77. The Morgan fingerprint density at radius 2 is 1.78 bits per heavy atom. The van der Waals surface area contributed by atoms with Gasteiger partial charge in [0.15, 0.2) is 0 Å². The molecule has 0 aliphatic carbocycles. The van der Waals surface area contributed by atoms with Gasteiger partial charge in [-0.05, 0) is 5.04 Å². The molecule has 0 rings (SSSR count). The minimum absolute atomic E-state index is 0.239. The Morgan fingerprint density at radius 3 is 2.11 bits per heavy atom. The first-order valence-electron chi connectivity index (χ1n) is 4.12. The predicted octanol–water partition coefficient (Wildman–Crippen LogP) is 2.59. The van der Waals surface area contributed by atoms with Gasteiger partial charge in [-0.2, -0.15) is 0 Å². The molecule has 0 bridgehead atoms. The summed E-state index contributed by atoms with van der Waals surface area (Å²) in [7, 11) is 0.239. The fourth-order valence-electron chi connectivity index (χ4n) is 0.832. The van der Waals surface area contributed by atoms with E-state index in [0.717, 1.165) is 5.04 Å². The lowest BCUT2D eigenvalue weighted by Crippen LogP contribution is -2.10. The van der Waals surface area contributed by atoms with Crippen LogP contribution in [0.4, 0.5) is 0 Å². The highest BCUT2D eigenvalue weighted by molar-refractivity contribution is 6.39. The Balaban J connectivity index is 3.33. The third-order valence-corrected chi connectivity index (χ3v) is 5.08. The van der Waals surface area contributed by atoms with Gasteiger partial charge >= 0.3 is 0 Å². The summed E-state index contributed by atoms with van der Waals surface area (Å²) in [6.45, 7) is 9.42. The summed E-state index contributed by atoms with van der Waals surface area (Å²) in [6, 6.07) is 1.53. The normalized spacial score (nSPS) is 13.3. The van der Waals surface area contributed by atoms with Gasteiger partial charge in [-0.3, -0.25) is 0 Å². The Hall–Kier alpha value is 0.217. The first-order chi connectivity index (χ1) is 4.12. The lowest BCUT2D eigenvalue weighted by atomic mass is 10.1. The van der Waals surface area contributed by atoms with Crippen molar-refractivity contribution in [3.8, 4) is 0 Å². The van der Waals surface area contributed by atoms with Gasteiger partial charge in [0.05, 0.1) is 0 Å². The fourth-order valence-corrected chi connectivity index (χ4v) is 2.50. The molecule has 1 heteroatoms. The molecule has 0 saturated carbocycles. The second-order valence-corrected chi connectivity index (χ2v) is 6.74. The molecular weight excluding hydrogens is 124 g/mol. The summed E-state index contributed by atoms with van der Waals surface area (Å²) in [4.78, 5) is 0. The van der Waals surface area contributed by atoms with Crippen LogP contribution >= 0.6 is 0 Å². The van der Waals surface area contributed by atoms with E-state index in [-0.39, 0.29) is 9.52 Å². The van der Waals surface area contributed by atoms with Gasteiger partial charge in [-0.1, -0.05) is 46.6 Å². The SMILES string of the molecule is CCC[SiH2]C(C)(C)CC. The van der Waals surface area contributed by atoms with Crippen LogP contribution in [0.2, 0.25) is 11.1 Å². The zero-order valence-corrected chi connectivity index (χ0v) is 8.74. The molecular formula is C8H20Si. The molecule has 0 saturated heterocycles. The molecule has 0 nitrogen and oxygen atoms in total. The second kappa shape index (κ2) is 4.10. The van der Waals surface area contributed by atoms with Crippen molar-refractivity contribution in [3.05, 3.63) is 0 Å². The summed E-state index contributed by atoms with van der Waals surface area (Å²) in [5.74, 6) is 0. The Labute approximate surface area is 61.9 Å². The van der Waals surface area contributed by atoms with Crippen LogP contribution in [0, 0.1) is 0 Å². The Bertz CT molecular complexity index is 67.0. The van der Waals surface area contributed by atoms with Crippen molar-refractivity contribution in [1.82, 2.24) is 0 Å². The topological polar surface area (TPSA) is 0 Å². The Morgan fingerprint density at radius 1 is 1.22 bits per heavy atom. The zero-order chi connectivity index (χ0) is 7.33. The quantitative estimate of drug-likeness (QED) is 0.532. The highest BCUT2D eigenvalue weighted by Crippen LogP contribution is 2.27. The Kier molecular flexibility index (Phi) is 4.20. The van der Waals surface area contributed by atoms with E-state index < -0.39 is 0 Å². The summed E-state index contributed by atoms with van der Waals surface area (Å²) in [5, 5.41) is 0.732. The monoisotopic (exact) mass is 144 g/mol. The van der Waals surface area contributed by atoms with E-state index in [9.17, 15) is 0 Å². The molecule has 0 fully saturated rings. The molecule has 0 unspecified atom stereocenters. The molecule has 0 amide bonds. The highest BCUT2D eigenvalue weighted by atomic mass is 28.2. The van der Waals surface area contributed by atoms with Crippen LogP contribution < -0.4 is 0 Å². The van der Waals surface area contributed by atoms with Crippen LogP contribution in [0.15, 0.2) is 0 Å². The van der Waals surface area contributed by atoms with E-state index in [0.29, 0.717) is 0 Å². The molecule has 0 aromatic heterocycles. The van der Waals surface area contributed by atoms with Crippen molar-refractivity contribution in [3.63, 3.8) is 0 Å². The predicted molar refractivity (Wildman–Crippen MR) is 48.0 cm³/mol. The standard InChI is InChI=1S/C8H20Si/c1-5-7-9-8(3,4)6-2/h5-7,9H2,1-4H3. The van der Waals surface area contributed by atoms with Crippen molar-refractivity contribution < 1.29 is 0 Å². The maximum absolute atomic E-state index is 2.41. The lowest BCUT2D eigenvalue weighted by Gasteiger charge is -2.20. The highest BCUT2D eigenvalue weighted by Gasteiger charge is 2.13. The van der Waals surface area contributed by atoms with Gasteiger partial charge in [0.25, 0.3) is 0 Å². The zero-order valence-electron chi connectivity index (χ0n) is 7.33. The third-order valence-electron chi connectivity index (χ3n) is 2.16. The molecule has 0 N–H and O–H groups in total. The van der Waals surface area contributed by atoms with Crippen LogP contribution in [0.3, 0.4) is 0 Å². The average Bonchev–Trinajstić information content (AvgIpc) is 1.84. The van der Waals surface area contributed by atoms with E-state index in [2.05, 4.69) is 27.7 Å². The van der Waals surface area contributed by atoms with Crippen LogP contribution in [-0.2, 0) is 0 Å². The minimum Gasteiger partial charge on any atom is -0.0657 e. The van der Waals surface area contributed by atoms with E-state index in [1.54, 1.807) is 0 Å². The average molecular weight is 144 g/mol. The van der Waals surface area contributed by atoms with Crippen LogP contribution in [0.25, 0.3) is 0 Å². The first-order valence-corrected chi connectivity index (χ1v) is 5.83. The maximum Gasteiger partial charge on any atom is 0.0263 e.